The quantitative estimate of drug-likeness (QED) is 0.542. The lowest BCUT2D eigenvalue weighted by Gasteiger charge is -2.36. The molecule has 2 heterocycles. The van der Waals surface area contributed by atoms with E-state index in [1.165, 1.54) is 14.0 Å². The fourth-order valence-corrected chi connectivity index (χ4v) is 3.69. The summed E-state index contributed by atoms with van der Waals surface area (Å²) in [7, 11) is 3.07. The largest absolute Gasteiger partial charge is 0.493 e. The van der Waals surface area contributed by atoms with Gasteiger partial charge in [0.15, 0.2) is 11.5 Å². The first-order valence-corrected chi connectivity index (χ1v) is 10.6. The summed E-state index contributed by atoms with van der Waals surface area (Å²) in [6.07, 6.45) is 0.821. The van der Waals surface area contributed by atoms with Crippen LogP contribution in [0.5, 0.6) is 17.4 Å². The summed E-state index contributed by atoms with van der Waals surface area (Å²) in [5, 5.41) is 2.94. The molecule has 1 aliphatic heterocycles. The maximum atomic E-state index is 12.9. The summed E-state index contributed by atoms with van der Waals surface area (Å²) in [6, 6.07) is 7.20. The number of methoxy groups -OCH3 is 2. The molecule has 172 valence electrons. The Morgan fingerprint density at radius 3 is 2.38 bits per heavy atom. The molecule has 3 rings (SSSR count). The SMILES string of the molecule is CCc1cc(NC(=O)N2CCN(c3ccc(OC)c(OC(C)=O)c3)CC2)c(OC)nc1C. The van der Waals surface area contributed by atoms with E-state index in [0.717, 1.165) is 23.4 Å². The molecule has 0 spiro atoms. The minimum Gasteiger partial charge on any atom is -0.493 e. The number of urea groups is 1. The molecule has 1 saturated heterocycles. The molecule has 0 saturated carbocycles. The third-order valence-electron chi connectivity index (χ3n) is 5.43. The van der Waals surface area contributed by atoms with Gasteiger partial charge in [0.1, 0.15) is 5.69 Å². The summed E-state index contributed by atoms with van der Waals surface area (Å²) >= 11 is 0. The number of piperazine rings is 1. The average molecular weight is 443 g/mol. The van der Waals surface area contributed by atoms with Crippen LogP contribution in [0.15, 0.2) is 24.3 Å². The highest BCUT2D eigenvalue weighted by Crippen LogP contribution is 2.32. The van der Waals surface area contributed by atoms with E-state index in [-0.39, 0.29) is 6.03 Å². The first kappa shape index (κ1) is 23.2. The van der Waals surface area contributed by atoms with Crippen LogP contribution < -0.4 is 24.4 Å². The third kappa shape index (κ3) is 5.22. The molecule has 9 nitrogen and oxygen atoms in total. The highest BCUT2D eigenvalue weighted by atomic mass is 16.6. The molecule has 0 radical (unpaired) electrons. The monoisotopic (exact) mass is 442 g/mol. The summed E-state index contributed by atoms with van der Waals surface area (Å²) in [6.45, 7) is 7.70. The Bertz CT molecular complexity index is 987. The Morgan fingerprint density at radius 2 is 1.78 bits per heavy atom. The summed E-state index contributed by atoms with van der Waals surface area (Å²) < 4.78 is 15.9. The van der Waals surface area contributed by atoms with Crippen molar-refractivity contribution >= 4 is 23.4 Å². The second kappa shape index (κ2) is 10.2. The highest BCUT2D eigenvalue weighted by Gasteiger charge is 2.23. The molecule has 32 heavy (non-hydrogen) atoms. The number of aryl methyl sites for hydroxylation is 2. The first-order valence-electron chi connectivity index (χ1n) is 10.6. The van der Waals surface area contributed by atoms with Crippen LogP contribution in [-0.4, -0.2) is 62.3 Å². The number of amides is 2. The van der Waals surface area contributed by atoms with E-state index in [0.29, 0.717) is 49.2 Å². The van der Waals surface area contributed by atoms with E-state index in [2.05, 4.69) is 15.2 Å². The smallest absolute Gasteiger partial charge is 0.322 e. The molecule has 9 heteroatoms. The van der Waals surface area contributed by atoms with E-state index in [1.54, 1.807) is 24.1 Å². The Labute approximate surface area is 188 Å². The molecular formula is C23H30N4O5. The van der Waals surface area contributed by atoms with Gasteiger partial charge in [-0.3, -0.25) is 4.79 Å². The molecule has 0 atom stereocenters. The molecule has 0 unspecified atom stereocenters. The van der Waals surface area contributed by atoms with Gasteiger partial charge in [0.25, 0.3) is 0 Å². The van der Waals surface area contributed by atoms with Crippen LogP contribution in [-0.2, 0) is 11.2 Å². The van der Waals surface area contributed by atoms with Gasteiger partial charge >= 0.3 is 12.0 Å². The number of pyridine rings is 1. The van der Waals surface area contributed by atoms with Crippen LogP contribution in [0, 0.1) is 6.92 Å². The van der Waals surface area contributed by atoms with E-state index in [9.17, 15) is 9.59 Å². The van der Waals surface area contributed by atoms with Gasteiger partial charge in [-0.1, -0.05) is 6.92 Å². The number of esters is 1. The molecule has 1 N–H and O–H groups in total. The molecule has 2 amide bonds. The lowest BCUT2D eigenvalue weighted by molar-refractivity contribution is -0.132. The number of carbonyl (C=O) groups is 2. The highest BCUT2D eigenvalue weighted by molar-refractivity contribution is 5.91. The average Bonchev–Trinajstić information content (AvgIpc) is 2.79. The van der Waals surface area contributed by atoms with E-state index < -0.39 is 5.97 Å². The number of nitrogens with zero attached hydrogens (tertiary/aromatic N) is 3. The number of rotatable bonds is 6. The fraction of sp³-hybridized carbons (Fsp3) is 0.435. The number of benzene rings is 1. The number of carbonyl (C=O) groups excluding carboxylic acids is 2. The van der Waals surface area contributed by atoms with Crippen LogP contribution in [0.2, 0.25) is 0 Å². The number of hydrogen-bond donors (Lipinski definition) is 1. The van der Waals surface area contributed by atoms with E-state index >= 15 is 0 Å². The molecule has 0 bridgehead atoms. The summed E-state index contributed by atoms with van der Waals surface area (Å²) in [5.74, 6) is 0.870. The number of ether oxygens (including phenoxy) is 3. The van der Waals surface area contributed by atoms with Crippen molar-refractivity contribution in [3.8, 4) is 17.4 Å². The van der Waals surface area contributed by atoms with Crippen molar-refractivity contribution in [1.29, 1.82) is 0 Å². The minimum absolute atomic E-state index is 0.189. The molecular weight excluding hydrogens is 412 g/mol. The normalized spacial score (nSPS) is 13.5. The molecule has 1 aliphatic rings. The molecule has 2 aromatic rings. The fourth-order valence-electron chi connectivity index (χ4n) is 3.69. The Morgan fingerprint density at radius 1 is 1.06 bits per heavy atom. The number of hydrogen-bond acceptors (Lipinski definition) is 7. The molecule has 1 aromatic heterocycles. The van der Waals surface area contributed by atoms with Crippen LogP contribution >= 0.6 is 0 Å². The zero-order valence-electron chi connectivity index (χ0n) is 19.2. The van der Waals surface area contributed by atoms with Crippen molar-refractivity contribution in [2.45, 2.75) is 27.2 Å². The van der Waals surface area contributed by atoms with Gasteiger partial charge in [-0.25, -0.2) is 9.78 Å². The zero-order chi connectivity index (χ0) is 23.3. The van der Waals surface area contributed by atoms with Gasteiger partial charge in [0.2, 0.25) is 5.88 Å². The predicted molar refractivity (Wildman–Crippen MR) is 122 cm³/mol. The number of aromatic nitrogens is 1. The van der Waals surface area contributed by atoms with Crippen molar-refractivity contribution < 1.29 is 23.8 Å². The van der Waals surface area contributed by atoms with Crippen molar-refractivity contribution in [3.63, 3.8) is 0 Å². The first-order chi connectivity index (χ1) is 15.4. The Balaban J connectivity index is 1.66. The maximum Gasteiger partial charge on any atom is 0.322 e. The van der Waals surface area contributed by atoms with Gasteiger partial charge in [0, 0.05) is 50.6 Å². The second-order valence-corrected chi connectivity index (χ2v) is 7.48. The van der Waals surface area contributed by atoms with Crippen LogP contribution in [0.4, 0.5) is 16.2 Å². The van der Waals surface area contributed by atoms with Crippen molar-refractivity contribution in [3.05, 3.63) is 35.5 Å². The van der Waals surface area contributed by atoms with Gasteiger partial charge in [-0.15, -0.1) is 0 Å². The van der Waals surface area contributed by atoms with Gasteiger partial charge in [-0.2, -0.15) is 0 Å². The van der Waals surface area contributed by atoms with Crippen molar-refractivity contribution in [2.75, 3.05) is 50.6 Å². The Kier molecular flexibility index (Phi) is 7.40. The van der Waals surface area contributed by atoms with Crippen molar-refractivity contribution in [1.82, 2.24) is 9.88 Å². The van der Waals surface area contributed by atoms with Gasteiger partial charge in [0.05, 0.1) is 14.2 Å². The van der Waals surface area contributed by atoms with Crippen LogP contribution in [0.1, 0.15) is 25.1 Å². The lowest BCUT2D eigenvalue weighted by Crippen LogP contribution is -2.50. The standard InChI is InChI=1S/C23H30N4O5/c1-6-17-13-19(22(31-5)24-15(17)2)25-23(29)27-11-9-26(10-12-27)18-7-8-20(30-4)21(14-18)32-16(3)28/h7-8,13-14H,6,9-12H2,1-5H3,(H,25,29). The minimum atomic E-state index is -0.408. The van der Waals surface area contributed by atoms with Crippen LogP contribution in [0.3, 0.4) is 0 Å². The number of nitrogens with one attached hydrogen (secondary N) is 1. The third-order valence-corrected chi connectivity index (χ3v) is 5.43. The maximum absolute atomic E-state index is 12.9. The summed E-state index contributed by atoms with van der Waals surface area (Å²) in [5.41, 5.74) is 3.43. The van der Waals surface area contributed by atoms with Crippen molar-refractivity contribution in [2.24, 2.45) is 0 Å². The second-order valence-electron chi connectivity index (χ2n) is 7.48. The zero-order valence-corrected chi connectivity index (χ0v) is 19.2. The Hall–Kier alpha value is -3.49. The van der Waals surface area contributed by atoms with Gasteiger partial charge in [-0.05, 0) is 37.1 Å². The molecule has 0 aliphatic carbocycles. The lowest BCUT2D eigenvalue weighted by atomic mass is 10.1. The van der Waals surface area contributed by atoms with Gasteiger partial charge < -0.3 is 29.3 Å². The predicted octanol–water partition coefficient (Wildman–Crippen LogP) is 3.25. The van der Waals surface area contributed by atoms with E-state index in [1.807, 2.05) is 26.0 Å². The van der Waals surface area contributed by atoms with Crippen LogP contribution in [0.25, 0.3) is 0 Å². The molecule has 1 fully saturated rings. The summed E-state index contributed by atoms with van der Waals surface area (Å²) in [4.78, 5) is 32.6. The topological polar surface area (TPSA) is 93.2 Å². The number of anilines is 2. The van der Waals surface area contributed by atoms with E-state index in [4.69, 9.17) is 14.2 Å². The molecule has 1 aromatic carbocycles.